The zero-order valence-electron chi connectivity index (χ0n) is 17.6. The van der Waals surface area contributed by atoms with E-state index in [2.05, 4.69) is 5.32 Å². The molecule has 1 N–H and O–H groups in total. The van der Waals surface area contributed by atoms with Crippen molar-refractivity contribution in [3.05, 3.63) is 83.7 Å². The molecule has 7 heteroatoms. The van der Waals surface area contributed by atoms with Crippen molar-refractivity contribution in [1.29, 1.82) is 0 Å². The van der Waals surface area contributed by atoms with Gasteiger partial charge in [-0.2, -0.15) is 0 Å². The largest absolute Gasteiger partial charge is 0.494 e. The van der Waals surface area contributed by atoms with Gasteiger partial charge >= 0.3 is 0 Å². The molecule has 164 valence electrons. The van der Waals surface area contributed by atoms with Crippen LogP contribution >= 0.6 is 0 Å². The van der Waals surface area contributed by atoms with E-state index in [-0.39, 0.29) is 18.1 Å². The van der Waals surface area contributed by atoms with Gasteiger partial charge in [0.1, 0.15) is 17.3 Å². The Hall–Kier alpha value is -3.87. The average Bonchev–Trinajstić information content (AvgIpc) is 2.79. The number of anilines is 2. The first-order valence-corrected chi connectivity index (χ1v) is 10.3. The summed E-state index contributed by atoms with van der Waals surface area (Å²) in [5, 5.41) is 2.73. The van der Waals surface area contributed by atoms with E-state index < -0.39 is 11.7 Å². The Morgan fingerprint density at radius 1 is 1.12 bits per heavy atom. The number of nitrogens with zero attached hydrogens (tertiary/aromatic N) is 1. The first-order chi connectivity index (χ1) is 15.5. The number of aryl methyl sites for hydroxylation is 1. The van der Waals surface area contributed by atoms with E-state index in [0.717, 1.165) is 5.75 Å². The summed E-state index contributed by atoms with van der Waals surface area (Å²) in [4.78, 5) is 26.4. The lowest BCUT2D eigenvalue weighted by molar-refractivity contribution is -0.121. The van der Waals surface area contributed by atoms with Gasteiger partial charge in [-0.3, -0.25) is 9.59 Å². The second kappa shape index (κ2) is 9.51. The average molecular weight is 434 g/mol. The Balaban J connectivity index is 1.38. The zero-order valence-corrected chi connectivity index (χ0v) is 17.6. The lowest BCUT2D eigenvalue weighted by atomic mass is 10.1. The minimum absolute atomic E-state index is 0.0763. The van der Waals surface area contributed by atoms with Crippen LogP contribution in [-0.2, 0) is 4.79 Å². The molecule has 0 aliphatic carbocycles. The zero-order chi connectivity index (χ0) is 22.5. The summed E-state index contributed by atoms with van der Waals surface area (Å²) in [6.07, 6.45) is 0.650. The highest BCUT2D eigenvalue weighted by Crippen LogP contribution is 2.34. The molecule has 3 aromatic rings. The van der Waals surface area contributed by atoms with Crippen LogP contribution in [0.5, 0.6) is 11.5 Å². The molecule has 1 aliphatic heterocycles. The molecule has 2 amide bonds. The molecule has 0 radical (unpaired) electrons. The van der Waals surface area contributed by atoms with Gasteiger partial charge in [0.2, 0.25) is 0 Å². The van der Waals surface area contributed by atoms with Gasteiger partial charge in [0.25, 0.3) is 11.8 Å². The number of fused-ring (bicyclic) bond motifs is 1. The number of carbonyl (C=O) groups is 2. The van der Waals surface area contributed by atoms with Crippen molar-refractivity contribution in [3.8, 4) is 11.5 Å². The minimum Gasteiger partial charge on any atom is -0.494 e. The van der Waals surface area contributed by atoms with Gasteiger partial charge < -0.3 is 19.7 Å². The maximum absolute atomic E-state index is 13.4. The fourth-order valence-electron chi connectivity index (χ4n) is 3.41. The molecule has 32 heavy (non-hydrogen) atoms. The first-order valence-electron chi connectivity index (χ1n) is 10.3. The molecular formula is C25H23FN2O4. The Labute approximate surface area is 185 Å². The highest BCUT2D eigenvalue weighted by atomic mass is 19.1. The number of amides is 2. The van der Waals surface area contributed by atoms with Crippen molar-refractivity contribution in [2.75, 3.05) is 30.0 Å². The van der Waals surface area contributed by atoms with Crippen LogP contribution in [0.4, 0.5) is 15.8 Å². The second-order valence-corrected chi connectivity index (χ2v) is 7.50. The molecule has 0 saturated heterocycles. The van der Waals surface area contributed by atoms with Crippen molar-refractivity contribution in [1.82, 2.24) is 0 Å². The van der Waals surface area contributed by atoms with Gasteiger partial charge in [0.05, 0.1) is 12.3 Å². The summed E-state index contributed by atoms with van der Waals surface area (Å²) in [7, 11) is 0. The summed E-state index contributed by atoms with van der Waals surface area (Å²) in [6, 6.07) is 18.4. The Bertz CT molecular complexity index is 1130. The predicted octanol–water partition coefficient (Wildman–Crippen LogP) is 4.58. The molecule has 0 unspecified atom stereocenters. The Morgan fingerprint density at radius 2 is 1.94 bits per heavy atom. The van der Waals surface area contributed by atoms with E-state index >= 15 is 0 Å². The second-order valence-electron chi connectivity index (χ2n) is 7.50. The number of benzene rings is 3. The topological polar surface area (TPSA) is 67.9 Å². The molecule has 6 nitrogen and oxygen atoms in total. The predicted molar refractivity (Wildman–Crippen MR) is 120 cm³/mol. The molecule has 0 fully saturated rings. The van der Waals surface area contributed by atoms with E-state index in [1.165, 1.54) is 29.8 Å². The number of nitrogens with one attached hydrogen (secondary N) is 1. The third kappa shape index (κ3) is 5.06. The monoisotopic (exact) mass is 434 g/mol. The van der Waals surface area contributed by atoms with Crippen molar-refractivity contribution >= 4 is 23.2 Å². The van der Waals surface area contributed by atoms with Gasteiger partial charge in [-0.1, -0.05) is 23.8 Å². The molecule has 0 saturated carbocycles. The molecular weight excluding hydrogens is 411 g/mol. The van der Waals surface area contributed by atoms with E-state index in [1.54, 1.807) is 23.1 Å². The molecule has 0 bridgehead atoms. The van der Waals surface area contributed by atoms with Crippen molar-refractivity contribution in [2.24, 2.45) is 0 Å². The maximum atomic E-state index is 13.4. The maximum Gasteiger partial charge on any atom is 0.265 e. The number of hydrogen-bond acceptors (Lipinski definition) is 4. The summed E-state index contributed by atoms with van der Waals surface area (Å²) in [5.41, 5.74) is 2.52. The quantitative estimate of drug-likeness (QED) is 0.553. The van der Waals surface area contributed by atoms with Gasteiger partial charge in [-0.15, -0.1) is 0 Å². The molecule has 3 aromatic carbocycles. The number of rotatable bonds is 7. The van der Waals surface area contributed by atoms with Crippen LogP contribution in [0, 0.1) is 12.7 Å². The van der Waals surface area contributed by atoms with Crippen LogP contribution in [-0.4, -0.2) is 31.6 Å². The van der Waals surface area contributed by atoms with E-state index in [4.69, 9.17) is 9.47 Å². The number of ether oxygens (including phenoxy) is 2. The summed E-state index contributed by atoms with van der Waals surface area (Å²) in [6.45, 7) is 2.90. The summed E-state index contributed by atoms with van der Waals surface area (Å²) < 4.78 is 24.7. The number of hydrogen-bond donors (Lipinski definition) is 1. The minimum atomic E-state index is -0.480. The summed E-state index contributed by atoms with van der Waals surface area (Å²) in [5.74, 6) is 0.252. The molecule has 4 rings (SSSR count). The fraction of sp³-hybridized carbons (Fsp3) is 0.200. The molecule has 0 atom stereocenters. The Kier molecular flexibility index (Phi) is 6.35. The van der Waals surface area contributed by atoms with E-state index in [9.17, 15) is 14.0 Å². The first kappa shape index (κ1) is 21.4. The SMILES string of the molecule is Cc1ccc(OCCCN2C(=O)COc3cc(NC(=O)c4cccc(F)c4)ccc32)cc1. The van der Waals surface area contributed by atoms with E-state index in [1.807, 2.05) is 31.2 Å². The van der Waals surface area contributed by atoms with E-state index in [0.29, 0.717) is 36.7 Å². The third-order valence-electron chi connectivity index (χ3n) is 5.06. The standard InChI is InChI=1S/C25H23FN2O4/c1-17-6-9-21(10-7-17)31-13-3-12-28-22-11-8-20(15-23(22)32-16-24(28)29)27-25(30)18-4-2-5-19(26)14-18/h2,4-11,14-15H,3,12-13,16H2,1H3,(H,27,30). The van der Waals surface area contributed by atoms with Crippen LogP contribution in [0.25, 0.3) is 0 Å². The third-order valence-corrected chi connectivity index (χ3v) is 5.06. The van der Waals surface area contributed by atoms with Crippen LogP contribution in [0.2, 0.25) is 0 Å². The van der Waals surface area contributed by atoms with Crippen molar-refractivity contribution in [2.45, 2.75) is 13.3 Å². The highest BCUT2D eigenvalue weighted by molar-refractivity contribution is 6.05. The fourth-order valence-corrected chi connectivity index (χ4v) is 3.41. The number of carbonyl (C=O) groups excluding carboxylic acids is 2. The van der Waals surface area contributed by atoms with Crippen LogP contribution in [0.3, 0.4) is 0 Å². The van der Waals surface area contributed by atoms with Crippen molar-refractivity contribution < 1.29 is 23.5 Å². The normalized spacial score (nSPS) is 12.7. The van der Waals surface area contributed by atoms with Gasteiger partial charge in [-0.25, -0.2) is 4.39 Å². The van der Waals surface area contributed by atoms with Crippen LogP contribution in [0.1, 0.15) is 22.3 Å². The van der Waals surface area contributed by atoms with Gasteiger partial charge in [-0.05, 0) is 55.8 Å². The highest BCUT2D eigenvalue weighted by Gasteiger charge is 2.25. The molecule has 0 spiro atoms. The number of halogens is 1. The summed E-state index contributed by atoms with van der Waals surface area (Å²) >= 11 is 0. The molecule has 0 aromatic heterocycles. The lowest BCUT2D eigenvalue weighted by Crippen LogP contribution is -2.39. The molecule has 1 aliphatic rings. The Morgan fingerprint density at radius 3 is 2.72 bits per heavy atom. The smallest absolute Gasteiger partial charge is 0.265 e. The van der Waals surface area contributed by atoms with Crippen LogP contribution in [0.15, 0.2) is 66.7 Å². The van der Waals surface area contributed by atoms with Crippen molar-refractivity contribution in [3.63, 3.8) is 0 Å². The van der Waals surface area contributed by atoms with Gasteiger partial charge in [0, 0.05) is 23.9 Å². The van der Waals surface area contributed by atoms with Crippen LogP contribution < -0.4 is 19.7 Å². The lowest BCUT2D eigenvalue weighted by Gasteiger charge is -2.29. The van der Waals surface area contributed by atoms with Gasteiger partial charge in [0.15, 0.2) is 6.61 Å². The molecule has 1 heterocycles.